The third kappa shape index (κ3) is 5.66. The van der Waals surface area contributed by atoms with Gasteiger partial charge < -0.3 is 14.3 Å². The predicted octanol–water partition coefficient (Wildman–Crippen LogP) is 4.28. The number of nitrogens with one attached hydrogen (secondary N) is 1. The number of amides is 1. The lowest BCUT2D eigenvalue weighted by molar-refractivity contribution is 0.0954. The molecule has 0 bridgehead atoms. The van der Waals surface area contributed by atoms with Crippen LogP contribution in [0, 0.1) is 0 Å². The minimum atomic E-state index is -2.78. The van der Waals surface area contributed by atoms with Crippen molar-refractivity contribution in [3.63, 3.8) is 0 Å². The molecule has 1 unspecified atom stereocenters. The molecule has 1 amide bonds. The number of furan rings is 1. The summed E-state index contributed by atoms with van der Waals surface area (Å²) in [5.74, 6) is 0.411. The number of carbonyl (C=O) groups excluding carboxylic acids is 1. The third-order valence-electron chi connectivity index (χ3n) is 4.75. The Hall–Kier alpha value is -3.05. The Balaban J connectivity index is 1.63. The maximum absolute atomic E-state index is 12.9. The third-order valence-corrected chi connectivity index (χ3v) is 6.21. The molecule has 0 aliphatic rings. The normalized spacial score (nSPS) is 11.8. The van der Waals surface area contributed by atoms with Crippen molar-refractivity contribution in [3.05, 3.63) is 94.5 Å². The van der Waals surface area contributed by atoms with E-state index in [1.165, 1.54) is 18.2 Å². The van der Waals surface area contributed by atoms with Crippen LogP contribution in [0.2, 0.25) is 5.02 Å². The number of anilines is 2. The Labute approximate surface area is 202 Å². The standard InChI is InChI=1S/C22H19ClN4O4S2/c23-16-8-9-18(22(28)24-11-10-17-7-4-12-31-17)20(14-16)27(33(29)30)21-19(25-32-26-21)13-15-5-2-1-3-6-15/h1-9,12,14H,10-11,13H2,(H,24,28)(H,29,30)/p-1. The quantitative estimate of drug-likeness (QED) is 0.343. The first-order valence-electron chi connectivity index (χ1n) is 9.88. The summed E-state index contributed by atoms with van der Waals surface area (Å²) in [7, 11) is 0. The van der Waals surface area contributed by atoms with E-state index in [-0.39, 0.29) is 22.1 Å². The van der Waals surface area contributed by atoms with E-state index in [4.69, 9.17) is 16.0 Å². The molecule has 170 valence electrons. The second-order valence-electron chi connectivity index (χ2n) is 6.96. The Bertz CT molecular complexity index is 1250. The number of aromatic nitrogens is 2. The lowest BCUT2D eigenvalue weighted by atomic mass is 10.1. The van der Waals surface area contributed by atoms with Crippen LogP contribution in [0.4, 0.5) is 11.5 Å². The van der Waals surface area contributed by atoms with E-state index in [0.717, 1.165) is 27.4 Å². The van der Waals surface area contributed by atoms with Gasteiger partial charge in [-0.25, -0.2) is 0 Å². The van der Waals surface area contributed by atoms with E-state index >= 15 is 0 Å². The minimum Gasteiger partial charge on any atom is -0.755 e. The van der Waals surface area contributed by atoms with Gasteiger partial charge in [0, 0.05) is 24.4 Å². The van der Waals surface area contributed by atoms with Gasteiger partial charge in [-0.2, -0.15) is 8.75 Å². The van der Waals surface area contributed by atoms with Crippen molar-refractivity contribution in [2.45, 2.75) is 12.8 Å². The Morgan fingerprint density at radius 2 is 1.97 bits per heavy atom. The van der Waals surface area contributed by atoms with E-state index in [0.29, 0.717) is 25.1 Å². The average Bonchev–Trinajstić information content (AvgIpc) is 3.47. The smallest absolute Gasteiger partial charge is 0.253 e. The van der Waals surface area contributed by atoms with E-state index < -0.39 is 17.2 Å². The molecule has 0 saturated carbocycles. The molecule has 0 saturated heterocycles. The van der Waals surface area contributed by atoms with E-state index in [2.05, 4.69) is 14.1 Å². The molecule has 1 atom stereocenters. The number of nitrogens with zero attached hydrogens (tertiary/aromatic N) is 3. The molecule has 0 spiro atoms. The predicted molar refractivity (Wildman–Crippen MR) is 126 cm³/mol. The number of benzene rings is 2. The van der Waals surface area contributed by atoms with E-state index in [1.807, 2.05) is 36.4 Å². The van der Waals surface area contributed by atoms with Crippen LogP contribution in [0.15, 0.2) is 71.3 Å². The van der Waals surface area contributed by atoms with Gasteiger partial charge in [-0.15, -0.1) is 0 Å². The summed E-state index contributed by atoms with van der Waals surface area (Å²) in [5.41, 5.74) is 1.65. The van der Waals surface area contributed by atoms with Gasteiger partial charge in [-0.3, -0.25) is 13.3 Å². The van der Waals surface area contributed by atoms with Crippen molar-refractivity contribution in [1.29, 1.82) is 0 Å². The molecule has 33 heavy (non-hydrogen) atoms. The summed E-state index contributed by atoms with van der Waals surface area (Å²) < 4.78 is 39.4. The van der Waals surface area contributed by atoms with Crippen molar-refractivity contribution in [3.8, 4) is 0 Å². The summed E-state index contributed by atoms with van der Waals surface area (Å²) >= 11 is 4.28. The zero-order valence-corrected chi connectivity index (χ0v) is 19.5. The van der Waals surface area contributed by atoms with E-state index in [9.17, 15) is 13.6 Å². The first kappa shape index (κ1) is 23.1. The highest BCUT2D eigenvalue weighted by Crippen LogP contribution is 2.34. The topological polar surface area (TPSA) is 111 Å². The highest BCUT2D eigenvalue weighted by atomic mass is 35.5. The molecule has 11 heteroatoms. The maximum Gasteiger partial charge on any atom is 0.253 e. The van der Waals surface area contributed by atoms with Crippen LogP contribution in [-0.4, -0.2) is 30.0 Å². The van der Waals surface area contributed by atoms with Gasteiger partial charge in [0.1, 0.15) is 11.5 Å². The van der Waals surface area contributed by atoms with Gasteiger partial charge in [0.15, 0.2) is 5.82 Å². The fourth-order valence-corrected chi connectivity index (χ4v) is 4.60. The highest BCUT2D eigenvalue weighted by Gasteiger charge is 2.24. The highest BCUT2D eigenvalue weighted by molar-refractivity contribution is 7.81. The summed E-state index contributed by atoms with van der Waals surface area (Å²) in [6.45, 7) is 0.312. The van der Waals surface area contributed by atoms with Crippen LogP contribution in [0.3, 0.4) is 0 Å². The first-order valence-corrected chi connectivity index (χ1v) is 12.0. The molecular weight excluding hydrogens is 484 g/mol. The molecule has 8 nitrogen and oxygen atoms in total. The van der Waals surface area contributed by atoms with Gasteiger partial charge in [-0.1, -0.05) is 41.9 Å². The van der Waals surface area contributed by atoms with Crippen LogP contribution in [-0.2, 0) is 24.1 Å². The zero-order valence-electron chi connectivity index (χ0n) is 17.1. The summed E-state index contributed by atoms with van der Waals surface area (Å²) in [6.07, 6.45) is 2.44. The fraction of sp³-hybridized carbons (Fsp3) is 0.136. The monoisotopic (exact) mass is 501 g/mol. The number of hydrogen-bond donors (Lipinski definition) is 1. The molecule has 2 aromatic carbocycles. The number of halogens is 1. The fourth-order valence-electron chi connectivity index (χ4n) is 3.24. The van der Waals surface area contributed by atoms with Crippen molar-refractivity contribution in [2.24, 2.45) is 0 Å². The maximum atomic E-state index is 12.9. The second kappa shape index (κ2) is 10.7. The van der Waals surface area contributed by atoms with Crippen LogP contribution < -0.4 is 9.62 Å². The van der Waals surface area contributed by atoms with Crippen LogP contribution in [0.1, 0.15) is 27.4 Å². The Kier molecular flexibility index (Phi) is 7.50. The number of carbonyl (C=O) groups is 1. The van der Waals surface area contributed by atoms with Crippen molar-refractivity contribution in [2.75, 3.05) is 10.8 Å². The van der Waals surface area contributed by atoms with Gasteiger partial charge in [0.05, 0.1) is 40.5 Å². The van der Waals surface area contributed by atoms with Gasteiger partial charge in [0.2, 0.25) is 0 Å². The van der Waals surface area contributed by atoms with Crippen molar-refractivity contribution >= 4 is 52.0 Å². The molecule has 4 aromatic rings. The molecule has 0 aliphatic carbocycles. The number of rotatable bonds is 9. The molecule has 2 aromatic heterocycles. The van der Waals surface area contributed by atoms with Crippen LogP contribution in [0.25, 0.3) is 0 Å². The van der Waals surface area contributed by atoms with Gasteiger partial charge >= 0.3 is 0 Å². The van der Waals surface area contributed by atoms with Crippen LogP contribution >= 0.6 is 23.3 Å². The lowest BCUT2D eigenvalue weighted by Gasteiger charge is -2.27. The Morgan fingerprint density at radius 1 is 1.15 bits per heavy atom. The van der Waals surface area contributed by atoms with E-state index in [1.54, 1.807) is 12.3 Å². The largest absolute Gasteiger partial charge is 0.755 e. The summed E-state index contributed by atoms with van der Waals surface area (Å²) in [5, 5.41) is 3.07. The van der Waals surface area contributed by atoms with Crippen molar-refractivity contribution < 1.29 is 18.0 Å². The summed E-state index contributed by atoms with van der Waals surface area (Å²) in [4.78, 5) is 12.9. The van der Waals surface area contributed by atoms with Crippen LogP contribution in [0.5, 0.6) is 0 Å². The van der Waals surface area contributed by atoms with Gasteiger partial charge in [0.25, 0.3) is 5.91 Å². The first-order chi connectivity index (χ1) is 16.0. The summed E-state index contributed by atoms with van der Waals surface area (Å²) in [6, 6.07) is 17.5. The molecule has 2 heterocycles. The molecule has 0 aliphatic heterocycles. The SMILES string of the molecule is O=C(NCCc1ccco1)c1ccc(Cl)cc1N(c1nsnc1Cc1ccccc1)S(=O)[O-]. The molecular formula is C22H18ClN4O4S2-. The second-order valence-corrected chi connectivity index (χ2v) is 8.72. The molecule has 0 radical (unpaired) electrons. The lowest BCUT2D eigenvalue weighted by Crippen LogP contribution is -2.29. The minimum absolute atomic E-state index is 0.0911. The zero-order chi connectivity index (χ0) is 23.2. The number of hydrogen-bond acceptors (Lipinski definition) is 7. The average molecular weight is 502 g/mol. The Morgan fingerprint density at radius 3 is 2.70 bits per heavy atom. The molecule has 0 fully saturated rings. The molecule has 4 rings (SSSR count). The molecule has 1 N–H and O–H groups in total. The van der Waals surface area contributed by atoms with Gasteiger partial charge in [-0.05, 0) is 35.9 Å². The van der Waals surface area contributed by atoms with Crippen molar-refractivity contribution in [1.82, 2.24) is 14.1 Å².